The second-order valence-corrected chi connectivity index (χ2v) is 4.17. The molecule has 1 aromatic rings. The van der Waals surface area contributed by atoms with Crippen LogP contribution in [0.4, 0.5) is 0 Å². The van der Waals surface area contributed by atoms with E-state index in [1.54, 1.807) is 7.11 Å². The molecule has 14 heavy (non-hydrogen) atoms. The Bertz CT molecular complexity index is 317. The van der Waals surface area contributed by atoms with Crippen LogP contribution in [0.2, 0.25) is 0 Å². The molecule has 0 saturated heterocycles. The molecule has 0 aliphatic rings. The lowest BCUT2D eigenvalue weighted by atomic mass is 9.94. The summed E-state index contributed by atoms with van der Waals surface area (Å²) in [5, 5.41) is 9.63. The molecular weight excluding hydrogens is 176 g/mol. The molecule has 0 aliphatic carbocycles. The van der Waals surface area contributed by atoms with Crippen LogP contribution in [-0.2, 0) is 10.3 Å². The Balaban J connectivity index is 3.26. The molecule has 1 N–H and O–H groups in total. The highest BCUT2D eigenvalue weighted by molar-refractivity contribution is 5.43. The molecule has 1 aromatic carbocycles. The molecular formula is C12H18O2. The van der Waals surface area contributed by atoms with Gasteiger partial charge in [-0.2, -0.15) is 0 Å². The lowest BCUT2D eigenvalue weighted by Gasteiger charge is -2.24. The average molecular weight is 194 g/mol. The van der Waals surface area contributed by atoms with E-state index in [0.29, 0.717) is 5.75 Å². The Morgan fingerprint density at radius 2 is 1.57 bits per heavy atom. The third-order valence-electron chi connectivity index (χ3n) is 2.70. The van der Waals surface area contributed by atoms with Crippen molar-refractivity contribution >= 4 is 0 Å². The van der Waals surface area contributed by atoms with Crippen LogP contribution in [0.3, 0.4) is 0 Å². The lowest BCUT2D eigenvalue weighted by Crippen LogP contribution is -2.19. The zero-order valence-corrected chi connectivity index (χ0v) is 9.51. The van der Waals surface area contributed by atoms with Crippen LogP contribution in [0.25, 0.3) is 0 Å². The Morgan fingerprint density at radius 3 is 1.93 bits per heavy atom. The standard InChI is InChI=1S/C12H18O2/c1-8-6-10(12(3,4)14-5)7-9(2)11(8)13/h6-7,13H,1-5H3. The molecule has 2 heteroatoms. The summed E-state index contributed by atoms with van der Waals surface area (Å²) < 4.78 is 5.39. The van der Waals surface area contributed by atoms with Gasteiger partial charge in [0.1, 0.15) is 5.75 Å². The first-order valence-electron chi connectivity index (χ1n) is 4.74. The zero-order valence-electron chi connectivity index (χ0n) is 9.51. The van der Waals surface area contributed by atoms with Gasteiger partial charge in [0.05, 0.1) is 5.60 Å². The summed E-state index contributed by atoms with van der Waals surface area (Å²) in [5.74, 6) is 0.376. The number of methoxy groups -OCH3 is 1. The minimum absolute atomic E-state index is 0.302. The first-order chi connectivity index (χ1) is 6.38. The first-order valence-corrected chi connectivity index (χ1v) is 4.74. The van der Waals surface area contributed by atoms with E-state index in [1.807, 2.05) is 39.8 Å². The average Bonchev–Trinajstić information content (AvgIpc) is 2.13. The van der Waals surface area contributed by atoms with Gasteiger partial charge in [-0.15, -0.1) is 0 Å². The van der Waals surface area contributed by atoms with Crippen LogP contribution in [-0.4, -0.2) is 12.2 Å². The fraction of sp³-hybridized carbons (Fsp3) is 0.500. The summed E-state index contributed by atoms with van der Waals surface area (Å²) >= 11 is 0. The van der Waals surface area contributed by atoms with Crippen molar-refractivity contribution in [3.05, 3.63) is 28.8 Å². The van der Waals surface area contributed by atoms with Gasteiger partial charge in [-0.05, 0) is 56.5 Å². The molecule has 0 saturated carbocycles. The van der Waals surface area contributed by atoms with E-state index in [9.17, 15) is 5.11 Å². The van der Waals surface area contributed by atoms with E-state index in [0.717, 1.165) is 16.7 Å². The maximum Gasteiger partial charge on any atom is 0.121 e. The van der Waals surface area contributed by atoms with Gasteiger partial charge in [0, 0.05) is 7.11 Å². The van der Waals surface area contributed by atoms with Crippen molar-refractivity contribution in [1.82, 2.24) is 0 Å². The Morgan fingerprint density at radius 1 is 1.14 bits per heavy atom. The molecule has 0 spiro atoms. The molecule has 0 amide bonds. The first kappa shape index (κ1) is 11.1. The van der Waals surface area contributed by atoms with E-state index in [4.69, 9.17) is 4.74 Å². The van der Waals surface area contributed by atoms with Crippen molar-refractivity contribution < 1.29 is 9.84 Å². The van der Waals surface area contributed by atoms with Gasteiger partial charge in [-0.1, -0.05) is 0 Å². The van der Waals surface area contributed by atoms with Crippen molar-refractivity contribution in [2.45, 2.75) is 33.3 Å². The zero-order chi connectivity index (χ0) is 10.9. The van der Waals surface area contributed by atoms with Gasteiger partial charge in [-0.25, -0.2) is 0 Å². The third kappa shape index (κ3) is 1.90. The molecule has 0 radical (unpaired) electrons. The number of ether oxygens (including phenoxy) is 1. The Hall–Kier alpha value is -1.02. The summed E-state index contributed by atoms with van der Waals surface area (Å²) in [6.45, 7) is 7.83. The highest BCUT2D eigenvalue weighted by atomic mass is 16.5. The number of phenols is 1. The minimum Gasteiger partial charge on any atom is -0.507 e. The highest BCUT2D eigenvalue weighted by Gasteiger charge is 2.20. The van der Waals surface area contributed by atoms with Gasteiger partial charge in [0.15, 0.2) is 0 Å². The summed E-state index contributed by atoms with van der Waals surface area (Å²) in [4.78, 5) is 0. The fourth-order valence-corrected chi connectivity index (χ4v) is 1.42. The second-order valence-electron chi connectivity index (χ2n) is 4.17. The van der Waals surface area contributed by atoms with E-state index in [1.165, 1.54) is 0 Å². The van der Waals surface area contributed by atoms with Crippen LogP contribution in [0, 0.1) is 13.8 Å². The van der Waals surface area contributed by atoms with E-state index >= 15 is 0 Å². The Kier molecular flexibility index (Phi) is 2.86. The lowest BCUT2D eigenvalue weighted by molar-refractivity contribution is 0.0191. The number of aromatic hydroxyl groups is 1. The smallest absolute Gasteiger partial charge is 0.121 e. The second kappa shape index (κ2) is 3.62. The summed E-state index contributed by atoms with van der Waals surface area (Å²) in [7, 11) is 1.69. The maximum atomic E-state index is 9.63. The fourth-order valence-electron chi connectivity index (χ4n) is 1.42. The van der Waals surface area contributed by atoms with Crippen LogP contribution < -0.4 is 0 Å². The van der Waals surface area contributed by atoms with E-state index in [2.05, 4.69) is 0 Å². The predicted molar refractivity (Wildman–Crippen MR) is 57.6 cm³/mol. The number of aryl methyl sites for hydroxylation is 2. The van der Waals surface area contributed by atoms with Crippen molar-refractivity contribution in [3.8, 4) is 5.75 Å². The number of hydrogen-bond donors (Lipinski definition) is 1. The van der Waals surface area contributed by atoms with Gasteiger partial charge in [0.2, 0.25) is 0 Å². The number of phenolic OH excluding ortho intramolecular Hbond substituents is 1. The maximum absolute atomic E-state index is 9.63. The SMILES string of the molecule is COC(C)(C)c1cc(C)c(O)c(C)c1. The normalized spacial score (nSPS) is 11.8. The highest BCUT2D eigenvalue weighted by Crippen LogP contribution is 2.30. The number of rotatable bonds is 2. The van der Waals surface area contributed by atoms with Crippen molar-refractivity contribution in [2.75, 3.05) is 7.11 Å². The molecule has 78 valence electrons. The minimum atomic E-state index is -0.302. The van der Waals surface area contributed by atoms with Gasteiger partial charge < -0.3 is 9.84 Å². The van der Waals surface area contributed by atoms with Crippen molar-refractivity contribution in [2.24, 2.45) is 0 Å². The third-order valence-corrected chi connectivity index (χ3v) is 2.70. The summed E-state index contributed by atoms with van der Waals surface area (Å²) in [6.07, 6.45) is 0. The molecule has 0 aliphatic heterocycles. The summed E-state index contributed by atoms with van der Waals surface area (Å²) in [6, 6.07) is 3.93. The molecule has 0 fully saturated rings. The van der Waals surface area contributed by atoms with E-state index in [-0.39, 0.29) is 5.60 Å². The van der Waals surface area contributed by atoms with Crippen LogP contribution in [0.15, 0.2) is 12.1 Å². The van der Waals surface area contributed by atoms with Gasteiger partial charge >= 0.3 is 0 Å². The van der Waals surface area contributed by atoms with Gasteiger partial charge in [0.25, 0.3) is 0 Å². The molecule has 0 heterocycles. The van der Waals surface area contributed by atoms with Crippen molar-refractivity contribution in [1.29, 1.82) is 0 Å². The number of benzene rings is 1. The van der Waals surface area contributed by atoms with Crippen LogP contribution >= 0.6 is 0 Å². The summed E-state index contributed by atoms with van der Waals surface area (Å²) in [5.41, 5.74) is 2.58. The molecule has 2 nitrogen and oxygen atoms in total. The molecule has 0 bridgehead atoms. The Labute approximate surface area is 85.5 Å². The topological polar surface area (TPSA) is 29.5 Å². The molecule has 0 atom stereocenters. The van der Waals surface area contributed by atoms with Crippen LogP contribution in [0.1, 0.15) is 30.5 Å². The largest absolute Gasteiger partial charge is 0.507 e. The predicted octanol–water partition coefficient (Wildman–Crippen LogP) is 2.89. The molecule has 0 unspecified atom stereocenters. The quantitative estimate of drug-likeness (QED) is 0.784. The van der Waals surface area contributed by atoms with Crippen molar-refractivity contribution in [3.63, 3.8) is 0 Å². The molecule has 0 aromatic heterocycles. The monoisotopic (exact) mass is 194 g/mol. The van der Waals surface area contributed by atoms with Crippen LogP contribution in [0.5, 0.6) is 5.75 Å². The van der Waals surface area contributed by atoms with Gasteiger partial charge in [-0.3, -0.25) is 0 Å². The van der Waals surface area contributed by atoms with E-state index < -0.39 is 0 Å². The molecule has 1 rings (SSSR count). The number of hydrogen-bond acceptors (Lipinski definition) is 2.